The molecule has 1 atom stereocenters. The Labute approximate surface area is 166 Å². The summed E-state index contributed by atoms with van der Waals surface area (Å²) in [5, 5.41) is 3.99. The van der Waals surface area contributed by atoms with Crippen LogP contribution in [-0.4, -0.2) is 13.2 Å². The van der Waals surface area contributed by atoms with Gasteiger partial charge in [0, 0.05) is 16.1 Å². The zero-order chi connectivity index (χ0) is 19.7. The second kappa shape index (κ2) is 7.97. The second-order valence-electron chi connectivity index (χ2n) is 8.13. The molecule has 0 bridgehead atoms. The largest absolute Gasteiger partial charge is 0.368 e. The summed E-state index contributed by atoms with van der Waals surface area (Å²) in [6, 6.07) is 15.4. The van der Waals surface area contributed by atoms with Crippen molar-refractivity contribution in [2.75, 3.05) is 18.5 Å². The first kappa shape index (κ1) is 20.4. The van der Waals surface area contributed by atoms with Crippen LogP contribution in [0.15, 0.2) is 48.5 Å². The summed E-state index contributed by atoms with van der Waals surface area (Å²) in [7, 11) is -3.39. The minimum Gasteiger partial charge on any atom is -0.368 e. The molecule has 3 rings (SSSR count). The van der Waals surface area contributed by atoms with Crippen molar-refractivity contribution in [1.82, 2.24) is 0 Å². The molecule has 2 aromatic rings. The number of benzene rings is 2. The van der Waals surface area contributed by atoms with E-state index in [0.717, 1.165) is 11.3 Å². The van der Waals surface area contributed by atoms with Gasteiger partial charge in [-0.15, -0.1) is 0 Å². The molecule has 1 N–H and O–H groups in total. The average Bonchev–Trinajstić information content (AvgIpc) is 2.64. The first-order valence-corrected chi connectivity index (χ1v) is 11.2. The van der Waals surface area contributed by atoms with E-state index in [2.05, 4.69) is 31.3 Å². The summed E-state index contributed by atoms with van der Waals surface area (Å²) < 4.78 is 25.1. The SMILES string of the molecule is CC(C)c1ccc(NC(c2ccc(Cl)cc2)P2(=O)OCC(C)(C)CO2)cc1. The van der Waals surface area contributed by atoms with Crippen LogP contribution in [0.2, 0.25) is 5.02 Å². The Morgan fingerprint density at radius 1 is 0.963 bits per heavy atom. The third-order valence-electron chi connectivity index (χ3n) is 4.65. The molecule has 0 aromatic heterocycles. The fourth-order valence-electron chi connectivity index (χ4n) is 2.87. The number of hydrogen-bond acceptors (Lipinski definition) is 4. The summed E-state index contributed by atoms with van der Waals surface area (Å²) in [5.74, 6) is -0.146. The van der Waals surface area contributed by atoms with E-state index in [0.29, 0.717) is 24.2 Å². The van der Waals surface area contributed by atoms with Gasteiger partial charge in [-0.3, -0.25) is 4.57 Å². The van der Waals surface area contributed by atoms with E-state index in [9.17, 15) is 4.57 Å². The van der Waals surface area contributed by atoms with Crippen molar-refractivity contribution >= 4 is 24.9 Å². The molecule has 1 saturated heterocycles. The van der Waals surface area contributed by atoms with Crippen molar-refractivity contribution in [3.8, 4) is 0 Å². The zero-order valence-electron chi connectivity index (χ0n) is 16.2. The second-order valence-corrected chi connectivity index (χ2v) is 10.7. The van der Waals surface area contributed by atoms with E-state index in [-0.39, 0.29) is 5.41 Å². The molecule has 6 heteroatoms. The highest BCUT2D eigenvalue weighted by Crippen LogP contribution is 2.64. The predicted molar refractivity (Wildman–Crippen MR) is 112 cm³/mol. The molecule has 1 aliphatic rings. The molecule has 27 heavy (non-hydrogen) atoms. The van der Waals surface area contributed by atoms with Gasteiger partial charge in [0.25, 0.3) is 0 Å². The van der Waals surface area contributed by atoms with Crippen molar-refractivity contribution in [3.05, 3.63) is 64.7 Å². The quantitative estimate of drug-likeness (QED) is 0.551. The Hall–Kier alpha value is -1.32. The molecule has 0 radical (unpaired) electrons. The Bertz CT molecular complexity index is 804. The van der Waals surface area contributed by atoms with Gasteiger partial charge in [-0.05, 0) is 41.3 Å². The number of halogens is 1. The van der Waals surface area contributed by atoms with Gasteiger partial charge < -0.3 is 14.4 Å². The van der Waals surface area contributed by atoms with E-state index in [1.54, 1.807) is 12.1 Å². The lowest BCUT2D eigenvalue weighted by atomic mass is 9.97. The number of nitrogens with one attached hydrogen (secondary N) is 1. The molecule has 2 aromatic carbocycles. The van der Waals surface area contributed by atoms with Gasteiger partial charge in [-0.25, -0.2) is 0 Å². The Morgan fingerprint density at radius 2 is 1.48 bits per heavy atom. The van der Waals surface area contributed by atoms with Gasteiger partial charge in [0.05, 0.1) is 13.2 Å². The topological polar surface area (TPSA) is 47.6 Å². The molecule has 1 heterocycles. The van der Waals surface area contributed by atoms with Crippen molar-refractivity contribution in [2.45, 2.75) is 39.4 Å². The highest BCUT2D eigenvalue weighted by atomic mass is 35.5. The summed E-state index contributed by atoms with van der Waals surface area (Å²) in [4.78, 5) is 0. The normalized spacial score (nSPS) is 19.6. The van der Waals surface area contributed by atoms with Crippen LogP contribution in [-0.2, 0) is 13.6 Å². The van der Waals surface area contributed by atoms with Crippen molar-refractivity contribution in [1.29, 1.82) is 0 Å². The molecule has 0 amide bonds. The van der Waals surface area contributed by atoms with E-state index < -0.39 is 13.4 Å². The van der Waals surface area contributed by atoms with E-state index in [4.69, 9.17) is 20.6 Å². The summed E-state index contributed by atoms with van der Waals surface area (Å²) in [5.41, 5.74) is 2.78. The Kier molecular flexibility index (Phi) is 6.02. The van der Waals surface area contributed by atoms with Crippen molar-refractivity contribution < 1.29 is 13.6 Å². The lowest BCUT2D eigenvalue weighted by Gasteiger charge is -2.38. The molecular weight excluding hydrogens is 381 g/mol. The van der Waals surface area contributed by atoms with Crippen LogP contribution in [0.1, 0.15) is 50.5 Å². The first-order chi connectivity index (χ1) is 12.7. The van der Waals surface area contributed by atoms with Gasteiger partial charge in [0.2, 0.25) is 0 Å². The summed E-state index contributed by atoms with van der Waals surface area (Å²) in [6.07, 6.45) is 0. The third-order valence-corrected chi connectivity index (χ3v) is 6.94. The molecule has 1 aliphatic heterocycles. The monoisotopic (exact) mass is 407 g/mol. The van der Waals surface area contributed by atoms with Crippen LogP contribution in [0, 0.1) is 5.41 Å². The number of hydrogen-bond donors (Lipinski definition) is 1. The van der Waals surface area contributed by atoms with Crippen LogP contribution in [0.4, 0.5) is 5.69 Å². The average molecular weight is 408 g/mol. The fraction of sp³-hybridized carbons (Fsp3) is 0.429. The maximum Gasteiger partial charge on any atom is 0.357 e. The zero-order valence-corrected chi connectivity index (χ0v) is 17.9. The standard InChI is InChI=1S/C21H27ClNO3P/c1-15(2)16-7-11-19(12-8-16)23-20(17-5-9-18(22)10-6-17)27(24)25-13-21(3,4)14-26-27/h5-12,15,20,23H,13-14H2,1-4H3. The van der Waals surface area contributed by atoms with Crippen LogP contribution in [0.3, 0.4) is 0 Å². The first-order valence-electron chi connectivity index (χ1n) is 9.19. The Balaban J connectivity index is 1.90. The minimum absolute atomic E-state index is 0.155. The van der Waals surface area contributed by atoms with E-state index in [1.165, 1.54) is 5.56 Å². The van der Waals surface area contributed by atoms with Crippen LogP contribution >= 0.6 is 19.2 Å². The Morgan fingerprint density at radius 3 is 2.00 bits per heavy atom. The molecule has 0 aliphatic carbocycles. The molecular formula is C21H27ClNO3P. The minimum atomic E-state index is -3.39. The van der Waals surface area contributed by atoms with E-state index in [1.807, 2.05) is 38.1 Å². The lowest BCUT2D eigenvalue weighted by molar-refractivity contribution is 0.0387. The molecule has 146 valence electrons. The molecule has 4 nitrogen and oxygen atoms in total. The van der Waals surface area contributed by atoms with Crippen LogP contribution in [0.5, 0.6) is 0 Å². The molecule has 1 unspecified atom stereocenters. The van der Waals surface area contributed by atoms with Crippen molar-refractivity contribution in [2.24, 2.45) is 5.41 Å². The fourth-order valence-corrected chi connectivity index (χ4v) is 5.27. The van der Waals surface area contributed by atoms with Crippen LogP contribution < -0.4 is 5.32 Å². The molecule has 0 spiro atoms. The van der Waals surface area contributed by atoms with Crippen molar-refractivity contribution in [3.63, 3.8) is 0 Å². The summed E-state index contributed by atoms with van der Waals surface area (Å²) >= 11 is 6.03. The molecule has 0 saturated carbocycles. The highest BCUT2D eigenvalue weighted by Gasteiger charge is 2.43. The highest BCUT2D eigenvalue weighted by molar-refractivity contribution is 7.54. The maximum absolute atomic E-state index is 13.5. The number of anilines is 1. The maximum atomic E-state index is 13.5. The van der Waals surface area contributed by atoms with Gasteiger partial charge in [-0.2, -0.15) is 0 Å². The van der Waals surface area contributed by atoms with Crippen LogP contribution in [0.25, 0.3) is 0 Å². The summed E-state index contributed by atoms with van der Waals surface area (Å²) in [6.45, 7) is 9.16. The third kappa shape index (κ3) is 4.94. The van der Waals surface area contributed by atoms with Gasteiger partial charge in [-0.1, -0.05) is 63.6 Å². The van der Waals surface area contributed by atoms with E-state index >= 15 is 0 Å². The van der Waals surface area contributed by atoms with Gasteiger partial charge >= 0.3 is 7.60 Å². The number of rotatable bonds is 5. The predicted octanol–water partition coefficient (Wildman–Crippen LogP) is 6.84. The smallest absolute Gasteiger partial charge is 0.357 e. The molecule has 1 fully saturated rings. The lowest BCUT2D eigenvalue weighted by Crippen LogP contribution is -2.31. The van der Waals surface area contributed by atoms with Gasteiger partial charge in [0.15, 0.2) is 5.78 Å². The van der Waals surface area contributed by atoms with Gasteiger partial charge in [0.1, 0.15) is 0 Å².